The Labute approximate surface area is 145 Å². The summed E-state index contributed by atoms with van der Waals surface area (Å²) in [5.74, 6) is -0.0220. The minimum atomic E-state index is -0.0220. The summed E-state index contributed by atoms with van der Waals surface area (Å²) in [6.07, 6.45) is 3.83. The standard InChI is InChI=1S/C19H19N3OS/c1-12-4-5-16(10-13(12)2)22-18(23)11-17-14(3)21-19(24-17)15-6-8-20-9-7-15/h4-10H,11H2,1-3H3,(H,22,23). The Balaban J connectivity index is 1.72. The highest BCUT2D eigenvalue weighted by atomic mass is 32.1. The molecule has 0 radical (unpaired) electrons. The van der Waals surface area contributed by atoms with Gasteiger partial charge in [-0.25, -0.2) is 4.98 Å². The number of carbonyl (C=O) groups is 1. The molecule has 0 spiro atoms. The van der Waals surface area contributed by atoms with Gasteiger partial charge in [0.1, 0.15) is 5.01 Å². The molecule has 3 aromatic rings. The van der Waals surface area contributed by atoms with Gasteiger partial charge in [-0.1, -0.05) is 6.07 Å². The van der Waals surface area contributed by atoms with E-state index in [1.165, 1.54) is 11.1 Å². The molecular weight excluding hydrogens is 318 g/mol. The Morgan fingerprint density at radius 1 is 1.08 bits per heavy atom. The summed E-state index contributed by atoms with van der Waals surface area (Å²) in [4.78, 5) is 21.9. The van der Waals surface area contributed by atoms with Gasteiger partial charge in [0, 0.05) is 28.5 Å². The third kappa shape index (κ3) is 3.68. The molecule has 1 N–H and O–H groups in total. The van der Waals surface area contributed by atoms with Gasteiger partial charge < -0.3 is 5.32 Å². The topological polar surface area (TPSA) is 54.9 Å². The maximum Gasteiger partial charge on any atom is 0.229 e. The Kier molecular flexibility index (Phi) is 4.71. The number of nitrogens with one attached hydrogen (secondary N) is 1. The number of carbonyl (C=O) groups excluding carboxylic acids is 1. The van der Waals surface area contributed by atoms with E-state index in [1.807, 2.05) is 44.2 Å². The number of aryl methyl sites for hydroxylation is 3. The molecule has 1 amide bonds. The molecule has 122 valence electrons. The quantitative estimate of drug-likeness (QED) is 0.772. The number of hydrogen-bond acceptors (Lipinski definition) is 4. The first kappa shape index (κ1) is 16.3. The third-order valence-corrected chi connectivity index (χ3v) is 5.14. The van der Waals surface area contributed by atoms with Crippen molar-refractivity contribution in [3.05, 3.63) is 64.4 Å². The van der Waals surface area contributed by atoms with Gasteiger partial charge in [-0.15, -0.1) is 11.3 Å². The Bertz CT molecular complexity index is 872. The number of thiazole rings is 1. The van der Waals surface area contributed by atoms with Crippen molar-refractivity contribution in [2.24, 2.45) is 0 Å². The summed E-state index contributed by atoms with van der Waals surface area (Å²) in [5, 5.41) is 3.88. The molecule has 24 heavy (non-hydrogen) atoms. The smallest absolute Gasteiger partial charge is 0.229 e. The van der Waals surface area contributed by atoms with Crippen molar-refractivity contribution in [1.82, 2.24) is 9.97 Å². The van der Waals surface area contributed by atoms with Crippen molar-refractivity contribution in [3.8, 4) is 10.6 Å². The van der Waals surface area contributed by atoms with Gasteiger partial charge in [-0.3, -0.25) is 9.78 Å². The third-order valence-electron chi connectivity index (χ3n) is 3.93. The van der Waals surface area contributed by atoms with Gasteiger partial charge in [0.2, 0.25) is 5.91 Å². The van der Waals surface area contributed by atoms with Crippen LogP contribution in [0.3, 0.4) is 0 Å². The molecule has 3 rings (SSSR count). The highest BCUT2D eigenvalue weighted by molar-refractivity contribution is 7.15. The van der Waals surface area contributed by atoms with Crippen LogP contribution in [0.15, 0.2) is 42.7 Å². The molecule has 0 saturated carbocycles. The molecule has 0 saturated heterocycles. The molecule has 0 fully saturated rings. The largest absolute Gasteiger partial charge is 0.326 e. The van der Waals surface area contributed by atoms with E-state index in [4.69, 9.17) is 0 Å². The maximum atomic E-state index is 12.3. The molecule has 0 aliphatic carbocycles. The van der Waals surface area contributed by atoms with E-state index < -0.39 is 0 Å². The molecule has 5 heteroatoms. The Hall–Kier alpha value is -2.53. The SMILES string of the molecule is Cc1ccc(NC(=O)Cc2sc(-c3ccncc3)nc2C)cc1C. The van der Waals surface area contributed by atoms with Crippen LogP contribution in [0.25, 0.3) is 10.6 Å². The average molecular weight is 337 g/mol. The number of pyridine rings is 1. The summed E-state index contributed by atoms with van der Waals surface area (Å²) in [6, 6.07) is 9.80. The lowest BCUT2D eigenvalue weighted by molar-refractivity contribution is -0.115. The van der Waals surface area contributed by atoms with Gasteiger partial charge in [0.25, 0.3) is 0 Å². The minimum absolute atomic E-state index is 0.0220. The van der Waals surface area contributed by atoms with Crippen LogP contribution < -0.4 is 5.32 Å². The van der Waals surface area contributed by atoms with Crippen LogP contribution in [0.5, 0.6) is 0 Å². The maximum absolute atomic E-state index is 12.3. The van der Waals surface area contributed by atoms with E-state index in [9.17, 15) is 4.79 Å². The van der Waals surface area contributed by atoms with Crippen LogP contribution in [0.2, 0.25) is 0 Å². The average Bonchev–Trinajstić information content (AvgIpc) is 2.93. The summed E-state index contributed by atoms with van der Waals surface area (Å²) in [5.41, 5.74) is 5.15. The number of amides is 1. The molecule has 2 aromatic heterocycles. The van der Waals surface area contributed by atoms with Gasteiger partial charge in [0.05, 0.1) is 12.1 Å². The molecule has 2 heterocycles. The number of rotatable bonds is 4. The van der Waals surface area contributed by atoms with Crippen LogP contribution in [-0.4, -0.2) is 15.9 Å². The number of hydrogen-bond donors (Lipinski definition) is 1. The summed E-state index contributed by atoms with van der Waals surface area (Å²) < 4.78 is 0. The molecule has 0 bridgehead atoms. The van der Waals surface area contributed by atoms with Crippen LogP contribution in [0.4, 0.5) is 5.69 Å². The first-order valence-electron chi connectivity index (χ1n) is 7.77. The van der Waals surface area contributed by atoms with Crippen molar-refractivity contribution >= 4 is 22.9 Å². The minimum Gasteiger partial charge on any atom is -0.326 e. The predicted molar refractivity (Wildman–Crippen MR) is 98.3 cm³/mol. The first-order valence-corrected chi connectivity index (χ1v) is 8.58. The molecule has 0 aliphatic heterocycles. The van der Waals surface area contributed by atoms with Crippen LogP contribution in [-0.2, 0) is 11.2 Å². The van der Waals surface area contributed by atoms with Crippen molar-refractivity contribution in [2.75, 3.05) is 5.32 Å². The van der Waals surface area contributed by atoms with Crippen molar-refractivity contribution in [2.45, 2.75) is 27.2 Å². The summed E-state index contributed by atoms with van der Waals surface area (Å²) >= 11 is 1.56. The first-order chi connectivity index (χ1) is 11.5. The van der Waals surface area contributed by atoms with Crippen LogP contribution in [0.1, 0.15) is 21.7 Å². The van der Waals surface area contributed by atoms with Crippen molar-refractivity contribution < 1.29 is 4.79 Å². The second kappa shape index (κ2) is 6.93. The lowest BCUT2D eigenvalue weighted by Gasteiger charge is -2.07. The van der Waals surface area contributed by atoms with E-state index in [1.54, 1.807) is 23.7 Å². The van der Waals surface area contributed by atoms with Crippen molar-refractivity contribution in [1.29, 1.82) is 0 Å². The van der Waals surface area contributed by atoms with E-state index in [-0.39, 0.29) is 5.91 Å². The zero-order valence-electron chi connectivity index (χ0n) is 14.0. The predicted octanol–water partition coefficient (Wildman–Crippen LogP) is 4.31. The van der Waals surface area contributed by atoms with E-state index in [0.29, 0.717) is 6.42 Å². The second-order valence-electron chi connectivity index (χ2n) is 5.79. The van der Waals surface area contributed by atoms with Gasteiger partial charge >= 0.3 is 0 Å². The van der Waals surface area contributed by atoms with Crippen LogP contribution >= 0.6 is 11.3 Å². The number of aromatic nitrogens is 2. The summed E-state index contributed by atoms with van der Waals surface area (Å²) in [6.45, 7) is 6.04. The monoisotopic (exact) mass is 337 g/mol. The molecular formula is C19H19N3OS. The van der Waals surface area contributed by atoms with Gasteiger partial charge in [-0.2, -0.15) is 0 Å². The second-order valence-corrected chi connectivity index (χ2v) is 6.87. The molecule has 1 aromatic carbocycles. The van der Waals surface area contributed by atoms with Crippen molar-refractivity contribution in [3.63, 3.8) is 0 Å². The van der Waals surface area contributed by atoms with Gasteiger partial charge in [0.15, 0.2) is 0 Å². The number of anilines is 1. The van der Waals surface area contributed by atoms with Gasteiger partial charge in [-0.05, 0) is 56.2 Å². The zero-order valence-corrected chi connectivity index (χ0v) is 14.8. The molecule has 4 nitrogen and oxygen atoms in total. The fourth-order valence-electron chi connectivity index (χ4n) is 2.38. The molecule has 0 atom stereocenters. The lowest BCUT2D eigenvalue weighted by atomic mass is 10.1. The summed E-state index contributed by atoms with van der Waals surface area (Å²) in [7, 11) is 0. The highest BCUT2D eigenvalue weighted by Crippen LogP contribution is 2.28. The Morgan fingerprint density at radius 2 is 1.83 bits per heavy atom. The molecule has 0 unspecified atom stereocenters. The zero-order chi connectivity index (χ0) is 17.1. The fraction of sp³-hybridized carbons (Fsp3) is 0.211. The molecule has 0 aliphatic rings. The number of nitrogens with zero attached hydrogens (tertiary/aromatic N) is 2. The number of benzene rings is 1. The lowest BCUT2D eigenvalue weighted by Crippen LogP contribution is -2.14. The van der Waals surface area contributed by atoms with E-state index in [0.717, 1.165) is 26.8 Å². The highest BCUT2D eigenvalue weighted by Gasteiger charge is 2.13. The van der Waals surface area contributed by atoms with E-state index in [2.05, 4.69) is 22.2 Å². The van der Waals surface area contributed by atoms with Crippen LogP contribution in [0, 0.1) is 20.8 Å². The normalized spacial score (nSPS) is 10.6. The Morgan fingerprint density at radius 3 is 2.54 bits per heavy atom. The van der Waals surface area contributed by atoms with E-state index >= 15 is 0 Å². The fourth-order valence-corrected chi connectivity index (χ4v) is 3.45.